The van der Waals surface area contributed by atoms with Crippen LogP contribution in [-0.4, -0.2) is 9.13 Å². The molecule has 2 heterocycles. The molecule has 8 aromatic carbocycles. The number of halogens is 6. The van der Waals surface area contributed by atoms with Gasteiger partial charge in [-0.3, -0.25) is 0 Å². The molecule has 0 aliphatic rings. The molecule has 0 amide bonds. The van der Waals surface area contributed by atoms with Crippen molar-refractivity contribution < 1.29 is 26.3 Å². The molecule has 10 rings (SSSR count). The highest BCUT2D eigenvalue weighted by Crippen LogP contribution is 2.44. The summed E-state index contributed by atoms with van der Waals surface area (Å²) in [7, 11) is 0. The van der Waals surface area contributed by atoms with Crippen molar-refractivity contribution >= 4 is 43.6 Å². The first-order valence-corrected chi connectivity index (χ1v) is 20.6. The molecule has 0 saturated carbocycles. The Labute approximate surface area is 382 Å². The molecule has 0 bridgehead atoms. The van der Waals surface area contributed by atoms with Gasteiger partial charge in [0.25, 0.3) is 0 Å². The molecule has 0 saturated heterocycles. The van der Waals surface area contributed by atoms with E-state index in [1.54, 1.807) is 81.9 Å². The summed E-state index contributed by atoms with van der Waals surface area (Å²) in [5, 5.41) is 53.6. The third kappa shape index (κ3) is 6.90. The molecule has 0 N–H and O–H groups in total. The predicted molar refractivity (Wildman–Crippen MR) is 245 cm³/mol. The Morgan fingerprint density at radius 3 is 1.16 bits per heavy atom. The Morgan fingerprint density at radius 1 is 0.353 bits per heavy atom. The fraction of sp³-hybridized carbons (Fsp3) is 0.0364. The third-order valence-electron chi connectivity index (χ3n) is 12.1. The van der Waals surface area contributed by atoms with Crippen LogP contribution in [0, 0.1) is 56.7 Å². The van der Waals surface area contributed by atoms with Crippen molar-refractivity contribution in [1.29, 1.82) is 26.3 Å². The van der Waals surface area contributed by atoms with Crippen LogP contribution in [0.5, 0.6) is 0 Å². The number of hydrogen-bond donors (Lipinski definition) is 0. The normalized spacial score (nSPS) is 11.6. The van der Waals surface area contributed by atoms with E-state index in [-0.39, 0.29) is 50.8 Å². The zero-order valence-electron chi connectivity index (χ0n) is 34.8. The number of rotatable bonds is 5. The molecule has 0 aliphatic heterocycles. The lowest BCUT2D eigenvalue weighted by atomic mass is 9.95. The summed E-state index contributed by atoms with van der Waals surface area (Å²) in [5.74, 6) is 0. The molecule has 68 heavy (non-hydrogen) atoms. The molecule has 0 unspecified atom stereocenters. The first-order valence-electron chi connectivity index (χ1n) is 20.6. The molecule has 0 radical (unpaired) electrons. The summed E-state index contributed by atoms with van der Waals surface area (Å²) in [6.07, 6.45) is -10.3. The van der Waals surface area contributed by atoms with Gasteiger partial charge in [-0.1, -0.05) is 72.8 Å². The van der Waals surface area contributed by atoms with Crippen LogP contribution in [0.1, 0.15) is 38.9 Å². The van der Waals surface area contributed by atoms with Crippen molar-refractivity contribution in [3.05, 3.63) is 191 Å². The number of para-hydroxylation sites is 2. The van der Waals surface area contributed by atoms with E-state index in [1.165, 1.54) is 24.3 Å². The molecule has 13 heteroatoms. The smallest absolute Gasteiger partial charge is 0.308 e. The van der Waals surface area contributed by atoms with Gasteiger partial charge in [0.15, 0.2) is 0 Å². The Bertz CT molecular complexity index is 3780. The van der Waals surface area contributed by atoms with Crippen molar-refractivity contribution in [3.63, 3.8) is 0 Å². The summed E-state index contributed by atoms with van der Waals surface area (Å²) < 4.78 is 90.7. The van der Waals surface area contributed by atoms with Crippen LogP contribution in [0.25, 0.3) is 88.4 Å². The van der Waals surface area contributed by atoms with Gasteiger partial charge in [0.05, 0.1) is 91.1 Å². The molecular weight excluding hydrogens is 873 g/mol. The van der Waals surface area contributed by atoms with E-state index in [0.29, 0.717) is 78.0 Å². The van der Waals surface area contributed by atoms with Gasteiger partial charge in [0.1, 0.15) is 11.6 Å². The number of alkyl halides is 6. The number of aromatic nitrogens is 2. The van der Waals surface area contributed by atoms with Gasteiger partial charge in [-0.15, -0.1) is 0 Å². The molecule has 0 aliphatic carbocycles. The van der Waals surface area contributed by atoms with E-state index in [1.807, 2.05) is 48.5 Å². The first kappa shape index (κ1) is 42.3. The van der Waals surface area contributed by atoms with Gasteiger partial charge in [0.2, 0.25) is 0 Å². The second-order valence-electron chi connectivity index (χ2n) is 15.9. The van der Waals surface area contributed by atoms with Crippen LogP contribution < -0.4 is 0 Å². The predicted octanol–water partition coefficient (Wildman–Crippen LogP) is 14.3. The summed E-state index contributed by atoms with van der Waals surface area (Å²) in [6, 6.07) is 49.5. The van der Waals surface area contributed by atoms with E-state index in [2.05, 4.69) is 18.2 Å². The summed E-state index contributed by atoms with van der Waals surface area (Å²) in [6.45, 7) is 0. The second kappa shape index (κ2) is 15.8. The number of fused-ring (bicyclic) bond motifs is 6. The van der Waals surface area contributed by atoms with E-state index in [9.17, 15) is 52.7 Å². The zero-order valence-corrected chi connectivity index (χ0v) is 34.8. The van der Waals surface area contributed by atoms with Gasteiger partial charge in [0, 0.05) is 21.5 Å². The Hall–Kier alpha value is -9.61. The summed E-state index contributed by atoms with van der Waals surface area (Å²) in [5.41, 5.74) is 1.85. The van der Waals surface area contributed by atoms with E-state index < -0.39 is 29.0 Å². The molecule has 322 valence electrons. The van der Waals surface area contributed by atoms with Crippen LogP contribution in [0.4, 0.5) is 26.3 Å². The van der Waals surface area contributed by atoms with E-state index >= 15 is 0 Å². The largest absolute Gasteiger partial charge is 0.416 e. The summed E-state index contributed by atoms with van der Waals surface area (Å²) in [4.78, 5) is 0. The molecule has 0 fully saturated rings. The van der Waals surface area contributed by atoms with Gasteiger partial charge in [-0.25, -0.2) is 0 Å². The van der Waals surface area contributed by atoms with Crippen LogP contribution in [0.15, 0.2) is 152 Å². The topological polar surface area (TPSA) is 129 Å². The van der Waals surface area contributed by atoms with Gasteiger partial charge >= 0.3 is 12.4 Å². The molecule has 10 aromatic rings. The van der Waals surface area contributed by atoms with Crippen molar-refractivity contribution in [2.24, 2.45) is 0 Å². The highest BCUT2D eigenvalue weighted by atomic mass is 19.4. The van der Waals surface area contributed by atoms with Crippen molar-refractivity contribution in [1.82, 2.24) is 9.13 Å². The second-order valence-corrected chi connectivity index (χ2v) is 15.9. The fourth-order valence-corrected chi connectivity index (χ4v) is 9.08. The van der Waals surface area contributed by atoms with Gasteiger partial charge < -0.3 is 9.13 Å². The van der Waals surface area contributed by atoms with Crippen LogP contribution in [0.3, 0.4) is 0 Å². The molecule has 0 spiro atoms. The first-order chi connectivity index (χ1) is 32.7. The third-order valence-corrected chi connectivity index (χ3v) is 12.1. The van der Waals surface area contributed by atoms with Crippen molar-refractivity contribution in [3.8, 4) is 75.1 Å². The van der Waals surface area contributed by atoms with Crippen LogP contribution in [0.2, 0.25) is 0 Å². The molecule has 2 aromatic heterocycles. The lowest BCUT2D eigenvalue weighted by molar-refractivity contribution is -0.143. The van der Waals surface area contributed by atoms with Crippen LogP contribution in [-0.2, 0) is 12.4 Å². The number of hydrogen-bond acceptors (Lipinski definition) is 5. The molecular formula is C55H25F6N7. The average Bonchev–Trinajstić information content (AvgIpc) is 3.86. The number of nitrogens with zero attached hydrogens (tertiary/aromatic N) is 7. The van der Waals surface area contributed by atoms with Crippen LogP contribution >= 0.6 is 0 Å². The Kier molecular flexibility index (Phi) is 9.85. The minimum absolute atomic E-state index is 0.00468. The number of nitriles is 5. The van der Waals surface area contributed by atoms with E-state index in [4.69, 9.17) is 0 Å². The SMILES string of the molecule is N#Cc1ccc(-c2ccc3c4ccccc4n(-c4cc(-c5cc(C(F)(F)F)cc(C(F)(F)F)c5)cc(-n5c6ccccc6c6ccc(-c7ccc(C#N)cc7C#N)cc65)c4C#N)c3c2)c(C#N)c1. The molecule has 0 atom stereocenters. The molecule has 7 nitrogen and oxygen atoms in total. The average molecular weight is 898 g/mol. The standard InChI is InChI=1S/C55H25F6N7/c56-54(57,58)39-19-35(20-40(25-39)55(59,60)61)36-23-52(67-48-7-3-1-5-43(48)45-15-11-33(21-50(45)67)41-13-9-31(26-62)17-37(41)28-64)47(30-66)53(24-36)68-49-8-4-2-6-44(49)46-16-12-34(22-51(46)68)42-14-10-32(27-63)18-38(42)29-65/h1-25H. The van der Waals surface area contributed by atoms with E-state index in [0.717, 1.165) is 0 Å². The van der Waals surface area contributed by atoms with Crippen molar-refractivity contribution in [2.75, 3.05) is 0 Å². The van der Waals surface area contributed by atoms with Crippen molar-refractivity contribution in [2.45, 2.75) is 12.4 Å². The number of benzene rings is 8. The maximum absolute atomic E-state index is 14.5. The van der Waals surface area contributed by atoms with Gasteiger partial charge in [-0.05, 0) is 112 Å². The van der Waals surface area contributed by atoms with Gasteiger partial charge in [-0.2, -0.15) is 52.7 Å². The minimum Gasteiger partial charge on any atom is -0.308 e. The fourth-order valence-electron chi connectivity index (χ4n) is 9.08. The maximum Gasteiger partial charge on any atom is 0.416 e. The quantitative estimate of drug-likeness (QED) is 0.159. The maximum atomic E-state index is 14.5. The minimum atomic E-state index is -5.16. The lowest BCUT2D eigenvalue weighted by Gasteiger charge is -2.20. The lowest BCUT2D eigenvalue weighted by Crippen LogP contribution is -2.11. The Morgan fingerprint density at radius 2 is 0.765 bits per heavy atom. The summed E-state index contributed by atoms with van der Waals surface area (Å²) >= 11 is 0. The monoisotopic (exact) mass is 897 g/mol. The zero-order chi connectivity index (χ0) is 47.6. The highest BCUT2D eigenvalue weighted by molar-refractivity contribution is 6.12. The highest BCUT2D eigenvalue weighted by Gasteiger charge is 2.37. The Balaban J connectivity index is 1.36.